The van der Waals surface area contributed by atoms with Crippen molar-refractivity contribution in [3.63, 3.8) is 0 Å². The largest absolute Gasteiger partial charge is 0.324 e. The number of rotatable bonds is 4. The van der Waals surface area contributed by atoms with Gasteiger partial charge in [0.05, 0.1) is 28.5 Å². The van der Waals surface area contributed by atoms with Crippen LogP contribution in [0.2, 0.25) is 5.02 Å². The van der Waals surface area contributed by atoms with E-state index in [2.05, 4.69) is 10.4 Å². The van der Waals surface area contributed by atoms with Crippen LogP contribution in [0.3, 0.4) is 0 Å². The fourth-order valence-electron chi connectivity index (χ4n) is 4.56. The number of non-ortho nitro benzene ring substituents is 1. The first kappa shape index (κ1) is 20.8. The molecule has 2 aromatic rings. The number of imide groups is 1. The summed E-state index contributed by atoms with van der Waals surface area (Å²) in [6.07, 6.45) is 4.91. The van der Waals surface area contributed by atoms with Gasteiger partial charge in [-0.3, -0.25) is 29.5 Å². The van der Waals surface area contributed by atoms with Crippen LogP contribution >= 0.6 is 11.6 Å². The number of allylic oxidation sites excluding steroid dienone is 1. The van der Waals surface area contributed by atoms with E-state index in [4.69, 9.17) is 11.6 Å². The normalized spacial score (nSPS) is 25.2. The number of benzene rings is 2. The summed E-state index contributed by atoms with van der Waals surface area (Å²) >= 11 is 5.90. The molecule has 3 aliphatic heterocycles. The van der Waals surface area contributed by atoms with E-state index in [1.807, 2.05) is 0 Å². The maximum atomic E-state index is 13.4. The number of fused-ring (bicyclic) bond motifs is 3. The van der Waals surface area contributed by atoms with Gasteiger partial charge in [-0.05, 0) is 42.5 Å². The van der Waals surface area contributed by atoms with E-state index in [0.717, 1.165) is 4.90 Å². The maximum Gasteiger partial charge on any atom is 0.269 e. The Balaban J connectivity index is 1.48. The molecule has 0 radical (unpaired) electrons. The molecular weight excluding hydrogens is 450 g/mol. The first-order valence-electron chi connectivity index (χ1n) is 10.0. The minimum Gasteiger partial charge on any atom is -0.324 e. The summed E-state index contributed by atoms with van der Waals surface area (Å²) in [5, 5.41) is 20.0. The summed E-state index contributed by atoms with van der Waals surface area (Å²) in [5.74, 6) is -3.29. The average molecular weight is 466 g/mol. The summed E-state index contributed by atoms with van der Waals surface area (Å²) < 4.78 is 0. The quantitative estimate of drug-likeness (QED) is 0.420. The highest BCUT2D eigenvalue weighted by molar-refractivity contribution is 6.30. The summed E-state index contributed by atoms with van der Waals surface area (Å²) in [6, 6.07) is 10.1. The predicted octanol–water partition coefficient (Wildman–Crippen LogP) is 2.60. The van der Waals surface area contributed by atoms with Crippen LogP contribution in [0, 0.1) is 22.0 Å². The van der Waals surface area contributed by atoms with Crippen LogP contribution in [-0.4, -0.2) is 46.0 Å². The Morgan fingerprint density at radius 1 is 1.03 bits per heavy atom. The second-order valence-corrected chi connectivity index (χ2v) is 8.23. The molecule has 2 fully saturated rings. The number of hydrogen-bond acceptors (Lipinski definition) is 7. The molecule has 0 unspecified atom stereocenters. The van der Waals surface area contributed by atoms with Crippen molar-refractivity contribution >= 4 is 52.6 Å². The number of hydrogen-bond donors (Lipinski definition) is 1. The summed E-state index contributed by atoms with van der Waals surface area (Å²) in [6.45, 7) is 0. The third-order valence-corrected chi connectivity index (χ3v) is 6.24. The third kappa shape index (κ3) is 3.35. The van der Waals surface area contributed by atoms with Crippen molar-refractivity contribution in [2.24, 2.45) is 16.9 Å². The van der Waals surface area contributed by atoms with Crippen molar-refractivity contribution in [3.8, 4) is 0 Å². The van der Waals surface area contributed by atoms with Crippen LogP contribution in [-0.2, 0) is 14.4 Å². The van der Waals surface area contributed by atoms with Gasteiger partial charge >= 0.3 is 0 Å². The molecule has 33 heavy (non-hydrogen) atoms. The van der Waals surface area contributed by atoms with Crippen LogP contribution in [0.15, 0.2) is 65.8 Å². The number of anilines is 2. The molecule has 5 rings (SSSR count). The van der Waals surface area contributed by atoms with Gasteiger partial charge in [-0.1, -0.05) is 17.7 Å². The van der Waals surface area contributed by atoms with Gasteiger partial charge in [-0.15, -0.1) is 0 Å². The van der Waals surface area contributed by atoms with E-state index in [9.17, 15) is 24.5 Å². The molecule has 10 nitrogen and oxygen atoms in total. The number of carbonyl (C=O) groups is 3. The smallest absolute Gasteiger partial charge is 0.269 e. The zero-order valence-electron chi connectivity index (χ0n) is 16.9. The molecule has 4 atom stereocenters. The lowest BCUT2D eigenvalue weighted by atomic mass is 9.88. The number of amides is 3. The maximum absolute atomic E-state index is 13.4. The van der Waals surface area contributed by atoms with E-state index in [0.29, 0.717) is 10.7 Å². The minimum absolute atomic E-state index is 0.158. The SMILES string of the molecule is O=C(Nc1ccc(Cl)cc1)[C@@H]1[C@@H]2C(=O)N(c3ccc([N+](=O)[O-])cc3)C(=O)[C@@H]2[C@H]2C=CC=NN21. The summed E-state index contributed by atoms with van der Waals surface area (Å²) in [5.41, 5.74) is 0.551. The molecule has 3 aliphatic rings. The second kappa shape index (κ2) is 7.82. The molecular formula is C22H16ClN5O5. The molecule has 2 saturated heterocycles. The molecule has 0 saturated carbocycles. The predicted molar refractivity (Wildman–Crippen MR) is 120 cm³/mol. The third-order valence-electron chi connectivity index (χ3n) is 5.99. The van der Waals surface area contributed by atoms with Gasteiger partial charge in [0.15, 0.2) is 0 Å². The number of nitrogens with one attached hydrogen (secondary N) is 1. The van der Waals surface area contributed by atoms with E-state index < -0.39 is 46.6 Å². The molecule has 1 N–H and O–H groups in total. The van der Waals surface area contributed by atoms with Crippen LogP contribution < -0.4 is 10.2 Å². The minimum atomic E-state index is -1.02. The Morgan fingerprint density at radius 3 is 2.36 bits per heavy atom. The lowest BCUT2D eigenvalue weighted by molar-refractivity contribution is -0.384. The summed E-state index contributed by atoms with van der Waals surface area (Å²) in [4.78, 5) is 51.4. The van der Waals surface area contributed by atoms with Gasteiger partial charge in [-0.25, -0.2) is 4.90 Å². The van der Waals surface area contributed by atoms with Gasteiger partial charge in [0.2, 0.25) is 17.7 Å². The number of nitro groups is 1. The van der Waals surface area contributed by atoms with Gasteiger partial charge in [-0.2, -0.15) is 5.10 Å². The summed E-state index contributed by atoms with van der Waals surface area (Å²) in [7, 11) is 0. The number of hydrazone groups is 1. The fraction of sp³-hybridized carbons (Fsp3) is 0.182. The Kier molecular flexibility index (Phi) is 4.94. The van der Waals surface area contributed by atoms with Gasteiger partial charge in [0, 0.05) is 29.1 Å². The van der Waals surface area contributed by atoms with E-state index in [1.165, 1.54) is 35.5 Å². The highest BCUT2D eigenvalue weighted by atomic mass is 35.5. The molecule has 3 amide bonds. The first-order chi connectivity index (χ1) is 15.9. The van der Waals surface area contributed by atoms with Crippen molar-refractivity contribution in [2.45, 2.75) is 12.1 Å². The van der Waals surface area contributed by atoms with Crippen molar-refractivity contribution < 1.29 is 19.3 Å². The highest BCUT2D eigenvalue weighted by Gasteiger charge is 2.64. The Hall–Kier alpha value is -4.05. The number of nitrogens with zero attached hydrogens (tertiary/aromatic N) is 4. The van der Waals surface area contributed by atoms with Crippen LogP contribution in [0.25, 0.3) is 0 Å². The lowest BCUT2D eigenvalue weighted by Gasteiger charge is -2.30. The van der Waals surface area contributed by atoms with Crippen molar-refractivity contribution in [3.05, 3.63) is 75.8 Å². The molecule has 0 aromatic heterocycles. The molecule has 166 valence electrons. The lowest BCUT2D eigenvalue weighted by Crippen LogP contribution is -2.47. The van der Waals surface area contributed by atoms with Gasteiger partial charge < -0.3 is 5.32 Å². The molecule has 2 aromatic carbocycles. The fourth-order valence-corrected chi connectivity index (χ4v) is 4.69. The molecule has 0 aliphatic carbocycles. The monoisotopic (exact) mass is 465 g/mol. The van der Waals surface area contributed by atoms with Crippen molar-refractivity contribution in [1.82, 2.24) is 5.01 Å². The Bertz CT molecular complexity index is 1230. The van der Waals surface area contributed by atoms with Gasteiger partial charge in [0.25, 0.3) is 5.69 Å². The first-order valence-corrected chi connectivity index (χ1v) is 10.4. The van der Waals surface area contributed by atoms with E-state index in [1.54, 1.807) is 36.4 Å². The average Bonchev–Trinajstić information content (AvgIpc) is 3.28. The number of carbonyl (C=O) groups excluding carboxylic acids is 3. The Morgan fingerprint density at radius 2 is 1.70 bits per heavy atom. The number of halogens is 1. The molecule has 0 spiro atoms. The molecule has 11 heteroatoms. The highest BCUT2D eigenvalue weighted by Crippen LogP contribution is 2.45. The van der Waals surface area contributed by atoms with E-state index in [-0.39, 0.29) is 11.4 Å². The topological polar surface area (TPSA) is 125 Å². The standard InChI is InChI=1S/C22H16ClN5O5/c23-12-3-5-13(6-4-12)25-20(29)19-18-17(16-2-1-11-24-27(16)19)21(30)26(22(18)31)14-7-9-15(10-8-14)28(32)33/h1-11,16-19H,(H,25,29)/t16-,17-,18-,19+/m1/s1. The zero-order valence-corrected chi connectivity index (χ0v) is 17.6. The molecule has 3 heterocycles. The van der Waals surface area contributed by atoms with Crippen molar-refractivity contribution in [2.75, 3.05) is 10.2 Å². The Labute approximate surface area is 192 Å². The van der Waals surface area contributed by atoms with Gasteiger partial charge in [0.1, 0.15) is 6.04 Å². The molecule has 0 bridgehead atoms. The van der Waals surface area contributed by atoms with Crippen LogP contribution in [0.5, 0.6) is 0 Å². The number of nitro benzene ring substituents is 1. The van der Waals surface area contributed by atoms with E-state index >= 15 is 0 Å². The van der Waals surface area contributed by atoms with Crippen LogP contribution in [0.4, 0.5) is 17.1 Å². The van der Waals surface area contributed by atoms with Crippen LogP contribution in [0.1, 0.15) is 0 Å². The zero-order chi connectivity index (χ0) is 23.3. The second-order valence-electron chi connectivity index (χ2n) is 7.80. The van der Waals surface area contributed by atoms with Crippen molar-refractivity contribution in [1.29, 1.82) is 0 Å².